The first-order chi connectivity index (χ1) is 16.6. The van der Waals surface area contributed by atoms with Gasteiger partial charge in [0.05, 0.1) is 18.6 Å². The monoisotopic (exact) mass is 508 g/mol. The van der Waals surface area contributed by atoms with Crippen molar-refractivity contribution in [3.63, 3.8) is 0 Å². The first-order valence-electron chi connectivity index (χ1n) is 11.4. The van der Waals surface area contributed by atoms with Gasteiger partial charge in [-0.2, -0.15) is 0 Å². The average Bonchev–Trinajstić information content (AvgIpc) is 2.81. The third-order valence-electron chi connectivity index (χ3n) is 5.42. The van der Waals surface area contributed by atoms with Crippen LogP contribution in [0.15, 0.2) is 36.4 Å². The molecule has 3 rings (SSSR count). The fraction of sp³-hybridized carbons (Fsp3) is 0.458. The SMILES string of the molecule is CCOC(=O)COc1ccc2c(c1)CC(NCC(O)COc1ccc(O)c(NS(C)(=O)=O)c1)CC2. The Morgan fingerprint density at radius 2 is 1.89 bits per heavy atom. The van der Waals surface area contributed by atoms with E-state index in [0.717, 1.165) is 31.1 Å². The molecule has 2 atom stereocenters. The number of hydrogen-bond donors (Lipinski definition) is 4. The molecule has 0 saturated carbocycles. The molecule has 1 aliphatic carbocycles. The molecule has 192 valence electrons. The van der Waals surface area contributed by atoms with Gasteiger partial charge in [0.1, 0.15) is 30.0 Å². The molecular formula is C24H32N2O8S. The number of phenols is 1. The summed E-state index contributed by atoms with van der Waals surface area (Å²) in [5, 5.41) is 23.5. The standard InChI is InChI=1S/C24H32N2O8S/c1-3-32-24(29)15-34-20-7-5-16-4-6-18(10-17(16)11-20)25-13-19(27)14-33-21-8-9-23(28)22(12-21)26-35(2,30)31/h5,7-9,11-12,18-19,25-28H,3-4,6,10,13-15H2,1-2H3. The highest BCUT2D eigenvalue weighted by atomic mass is 32.2. The molecular weight excluding hydrogens is 476 g/mol. The number of carbonyl (C=O) groups excluding carboxylic acids is 1. The maximum atomic E-state index is 11.5. The van der Waals surface area contributed by atoms with E-state index in [1.807, 2.05) is 18.2 Å². The molecule has 0 spiro atoms. The number of rotatable bonds is 12. The molecule has 0 bridgehead atoms. The number of aliphatic hydroxyl groups excluding tert-OH is 1. The van der Waals surface area contributed by atoms with Crippen molar-refractivity contribution in [3.8, 4) is 17.2 Å². The summed E-state index contributed by atoms with van der Waals surface area (Å²) >= 11 is 0. The maximum absolute atomic E-state index is 11.5. The van der Waals surface area contributed by atoms with Crippen molar-refractivity contribution in [1.29, 1.82) is 0 Å². The quantitative estimate of drug-likeness (QED) is 0.248. The summed E-state index contributed by atoms with van der Waals surface area (Å²) in [6.45, 7) is 2.23. The lowest BCUT2D eigenvalue weighted by Gasteiger charge is -2.27. The molecule has 0 aromatic heterocycles. The smallest absolute Gasteiger partial charge is 0.344 e. The highest BCUT2D eigenvalue weighted by Gasteiger charge is 2.20. The molecule has 10 nitrogen and oxygen atoms in total. The minimum Gasteiger partial charge on any atom is -0.506 e. The summed E-state index contributed by atoms with van der Waals surface area (Å²) in [5.41, 5.74) is 2.38. The Balaban J connectivity index is 1.47. The number of aryl methyl sites for hydroxylation is 1. The van der Waals surface area contributed by atoms with Gasteiger partial charge in [-0.3, -0.25) is 4.72 Å². The summed E-state index contributed by atoms with van der Waals surface area (Å²) in [4.78, 5) is 11.5. The molecule has 0 aliphatic heterocycles. The molecule has 11 heteroatoms. The van der Waals surface area contributed by atoms with E-state index in [1.165, 1.54) is 23.8 Å². The van der Waals surface area contributed by atoms with Crippen LogP contribution in [0.25, 0.3) is 0 Å². The summed E-state index contributed by atoms with van der Waals surface area (Å²) in [5.74, 6) is 0.299. The number of phenolic OH excluding ortho intramolecular Hbond substituents is 1. The Morgan fingerprint density at radius 3 is 2.63 bits per heavy atom. The average molecular weight is 509 g/mol. The zero-order chi connectivity index (χ0) is 25.4. The molecule has 0 amide bonds. The van der Waals surface area contributed by atoms with Gasteiger partial charge in [0.25, 0.3) is 0 Å². The van der Waals surface area contributed by atoms with Crippen LogP contribution in [0.2, 0.25) is 0 Å². The van der Waals surface area contributed by atoms with Gasteiger partial charge in [-0.25, -0.2) is 13.2 Å². The number of esters is 1. The van der Waals surface area contributed by atoms with Crippen LogP contribution in [0.1, 0.15) is 24.5 Å². The van der Waals surface area contributed by atoms with Crippen molar-refractivity contribution in [2.75, 3.05) is 37.3 Å². The first kappa shape index (κ1) is 26.6. The fourth-order valence-corrected chi connectivity index (χ4v) is 4.35. The number of anilines is 1. The van der Waals surface area contributed by atoms with E-state index >= 15 is 0 Å². The molecule has 2 aromatic rings. The Bertz CT molecular complexity index is 1120. The van der Waals surface area contributed by atoms with Crippen LogP contribution in [-0.2, 0) is 32.4 Å². The number of fused-ring (bicyclic) bond motifs is 1. The highest BCUT2D eigenvalue weighted by Crippen LogP contribution is 2.29. The van der Waals surface area contributed by atoms with Crippen molar-refractivity contribution in [1.82, 2.24) is 5.32 Å². The van der Waals surface area contributed by atoms with E-state index in [-0.39, 0.29) is 30.7 Å². The second-order valence-electron chi connectivity index (χ2n) is 8.39. The van der Waals surface area contributed by atoms with Crippen LogP contribution in [0.5, 0.6) is 17.2 Å². The molecule has 0 fully saturated rings. The van der Waals surface area contributed by atoms with Gasteiger partial charge >= 0.3 is 5.97 Å². The predicted molar refractivity (Wildman–Crippen MR) is 130 cm³/mol. The topological polar surface area (TPSA) is 143 Å². The van der Waals surface area contributed by atoms with Gasteiger partial charge in [0.2, 0.25) is 10.0 Å². The Morgan fingerprint density at radius 1 is 1.14 bits per heavy atom. The van der Waals surface area contributed by atoms with Gasteiger partial charge < -0.3 is 29.7 Å². The van der Waals surface area contributed by atoms with Crippen molar-refractivity contribution in [3.05, 3.63) is 47.5 Å². The van der Waals surface area contributed by atoms with Crippen LogP contribution < -0.4 is 19.5 Å². The number of nitrogens with one attached hydrogen (secondary N) is 2. The molecule has 0 saturated heterocycles. The molecule has 2 unspecified atom stereocenters. The number of carbonyl (C=O) groups is 1. The van der Waals surface area contributed by atoms with E-state index in [9.17, 15) is 23.4 Å². The Kier molecular flexibility index (Phi) is 9.19. The van der Waals surface area contributed by atoms with Gasteiger partial charge in [0.15, 0.2) is 6.61 Å². The molecule has 1 aliphatic rings. The third-order valence-corrected chi connectivity index (χ3v) is 6.01. The Labute approximate surface area is 205 Å². The zero-order valence-electron chi connectivity index (χ0n) is 19.8. The minimum absolute atomic E-state index is 0.00379. The number of benzene rings is 2. The van der Waals surface area contributed by atoms with Crippen LogP contribution in [0, 0.1) is 0 Å². The molecule has 0 heterocycles. The second-order valence-corrected chi connectivity index (χ2v) is 10.1. The number of ether oxygens (including phenoxy) is 3. The van der Waals surface area contributed by atoms with Crippen LogP contribution in [-0.4, -0.2) is 69.4 Å². The van der Waals surface area contributed by atoms with Gasteiger partial charge in [-0.15, -0.1) is 0 Å². The lowest BCUT2D eigenvalue weighted by molar-refractivity contribution is -0.145. The van der Waals surface area contributed by atoms with E-state index in [2.05, 4.69) is 10.0 Å². The summed E-state index contributed by atoms with van der Waals surface area (Å²) in [6, 6.07) is 10.1. The Hall–Kier alpha value is -3.02. The highest BCUT2D eigenvalue weighted by molar-refractivity contribution is 7.92. The zero-order valence-corrected chi connectivity index (χ0v) is 20.6. The van der Waals surface area contributed by atoms with Crippen LogP contribution in [0.4, 0.5) is 5.69 Å². The van der Waals surface area contributed by atoms with Crippen molar-refractivity contribution >= 4 is 21.7 Å². The van der Waals surface area contributed by atoms with Gasteiger partial charge in [-0.05, 0) is 61.6 Å². The number of aliphatic hydroxyl groups is 1. The number of hydrogen-bond acceptors (Lipinski definition) is 9. The first-order valence-corrected chi connectivity index (χ1v) is 13.3. The lowest BCUT2D eigenvalue weighted by Crippen LogP contribution is -2.40. The predicted octanol–water partition coefficient (Wildman–Crippen LogP) is 1.59. The largest absolute Gasteiger partial charge is 0.506 e. The van der Waals surface area contributed by atoms with Crippen molar-refractivity contribution in [2.24, 2.45) is 0 Å². The van der Waals surface area contributed by atoms with Crippen molar-refractivity contribution < 1.29 is 37.6 Å². The maximum Gasteiger partial charge on any atom is 0.344 e. The number of sulfonamides is 1. The minimum atomic E-state index is -3.56. The molecule has 2 aromatic carbocycles. The van der Waals surface area contributed by atoms with E-state index in [0.29, 0.717) is 24.7 Å². The normalized spacial score (nSPS) is 16.1. The molecule has 4 N–H and O–H groups in total. The lowest BCUT2D eigenvalue weighted by atomic mass is 9.88. The van der Waals surface area contributed by atoms with E-state index in [4.69, 9.17) is 14.2 Å². The van der Waals surface area contributed by atoms with Gasteiger partial charge in [0, 0.05) is 18.7 Å². The van der Waals surface area contributed by atoms with E-state index < -0.39 is 22.1 Å². The van der Waals surface area contributed by atoms with Crippen molar-refractivity contribution in [2.45, 2.75) is 38.3 Å². The van der Waals surface area contributed by atoms with Crippen LogP contribution in [0.3, 0.4) is 0 Å². The van der Waals surface area contributed by atoms with Gasteiger partial charge in [-0.1, -0.05) is 6.07 Å². The summed E-state index contributed by atoms with van der Waals surface area (Å²) in [7, 11) is -3.56. The van der Waals surface area contributed by atoms with E-state index in [1.54, 1.807) is 6.92 Å². The number of aromatic hydroxyl groups is 1. The molecule has 35 heavy (non-hydrogen) atoms. The third kappa shape index (κ3) is 8.61. The second kappa shape index (κ2) is 12.1. The summed E-state index contributed by atoms with van der Waals surface area (Å²) < 4.78 is 41.0. The summed E-state index contributed by atoms with van der Waals surface area (Å²) in [6.07, 6.45) is 2.76. The fourth-order valence-electron chi connectivity index (χ4n) is 3.78. The molecule has 0 radical (unpaired) electrons. The van der Waals surface area contributed by atoms with Crippen LogP contribution >= 0.6 is 0 Å².